The van der Waals surface area contributed by atoms with Crippen molar-refractivity contribution in [2.24, 2.45) is 22.7 Å². The molecule has 5 atom stereocenters. The maximum absolute atomic E-state index is 11.6. The lowest BCUT2D eigenvalue weighted by Gasteiger charge is -2.52. The molecule has 1 unspecified atom stereocenters. The Morgan fingerprint density at radius 1 is 1.40 bits per heavy atom. The van der Waals surface area contributed by atoms with Gasteiger partial charge in [-0.05, 0) is 38.5 Å². The first-order valence-electron chi connectivity index (χ1n) is 7.31. The van der Waals surface area contributed by atoms with Gasteiger partial charge >= 0.3 is 5.97 Å². The molecule has 20 heavy (non-hydrogen) atoms. The first-order chi connectivity index (χ1) is 9.18. The quantitative estimate of drug-likeness (QED) is 0.708. The molecule has 2 fully saturated rings. The number of carbonyl (C=O) groups is 1. The summed E-state index contributed by atoms with van der Waals surface area (Å²) < 4.78 is 6.02. The van der Waals surface area contributed by atoms with Crippen LogP contribution in [0.2, 0.25) is 0 Å². The summed E-state index contributed by atoms with van der Waals surface area (Å²) in [6, 6.07) is 0. The minimum atomic E-state index is -0.988. The Hall–Kier alpha value is -0.650. The number of carboxylic acid groups (broad SMARTS) is 1. The van der Waals surface area contributed by atoms with Crippen molar-refractivity contribution in [1.29, 1.82) is 0 Å². The van der Waals surface area contributed by atoms with Gasteiger partial charge in [0.15, 0.2) is 0 Å². The summed E-state index contributed by atoms with van der Waals surface area (Å²) in [5, 5.41) is 29.5. The van der Waals surface area contributed by atoms with Crippen LogP contribution in [0.4, 0.5) is 0 Å². The van der Waals surface area contributed by atoms with Crippen molar-refractivity contribution in [3.8, 4) is 0 Å². The van der Waals surface area contributed by atoms with Gasteiger partial charge in [0.25, 0.3) is 0 Å². The van der Waals surface area contributed by atoms with E-state index in [9.17, 15) is 20.1 Å². The van der Waals surface area contributed by atoms with Gasteiger partial charge < -0.3 is 20.1 Å². The zero-order valence-corrected chi connectivity index (χ0v) is 12.7. The maximum atomic E-state index is 11.6. The number of aliphatic carboxylic acids is 1. The summed E-state index contributed by atoms with van der Waals surface area (Å²) in [5.41, 5.74) is -2.51. The van der Waals surface area contributed by atoms with Gasteiger partial charge in [-0.15, -0.1) is 0 Å². The third-order valence-electron chi connectivity index (χ3n) is 6.20. The highest BCUT2D eigenvalue weighted by molar-refractivity contribution is 5.74. The van der Waals surface area contributed by atoms with Crippen molar-refractivity contribution in [2.45, 2.75) is 52.2 Å². The lowest BCUT2D eigenvalue weighted by Crippen LogP contribution is -2.60. The molecule has 0 aromatic carbocycles. The average Bonchev–Trinajstić information content (AvgIpc) is 2.89. The Kier molecular flexibility index (Phi) is 3.68. The molecular weight excluding hydrogens is 260 g/mol. The van der Waals surface area contributed by atoms with Crippen LogP contribution in [0.3, 0.4) is 0 Å². The lowest BCUT2D eigenvalue weighted by molar-refractivity contribution is -0.176. The highest BCUT2D eigenvalue weighted by atomic mass is 16.5. The monoisotopic (exact) mass is 286 g/mol. The summed E-state index contributed by atoms with van der Waals surface area (Å²) in [6.07, 6.45) is 1.49. The van der Waals surface area contributed by atoms with E-state index in [4.69, 9.17) is 4.74 Å². The molecule has 2 aliphatic heterocycles. The van der Waals surface area contributed by atoms with E-state index in [0.29, 0.717) is 6.42 Å². The molecule has 0 spiro atoms. The lowest BCUT2D eigenvalue weighted by atomic mass is 9.52. The molecule has 2 saturated heterocycles. The van der Waals surface area contributed by atoms with Crippen LogP contribution < -0.4 is 0 Å². The van der Waals surface area contributed by atoms with Crippen molar-refractivity contribution >= 4 is 5.97 Å². The second-order valence-electron chi connectivity index (χ2n) is 7.19. The molecule has 2 aliphatic rings. The predicted octanol–water partition coefficient (Wildman–Crippen LogP) is 1.27. The zero-order chi connectivity index (χ0) is 15.3. The van der Waals surface area contributed by atoms with E-state index < -0.39 is 22.4 Å². The fourth-order valence-electron chi connectivity index (χ4n) is 4.46. The van der Waals surface area contributed by atoms with Crippen LogP contribution in [-0.2, 0) is 9.53 Å². The van der Waals surface area contributed by atoms with Crippen LogP contribution in [0.1, 0.15) is 40.5 Å². The summed E-state index contributed by atoms with van der Waals surface area (Å²) in [7, 11) is 0. The van der Waals surface area contributed by atoms with Crippen molar-refractivity contribution in [3.63, 3.8) is 0 Å². The molecule has 3 N–H and O–H groups in total. The second kappa shape index (κ2) is 4.68. The molecule has 5 heteroatoms. The fraction of sp³-hybridized carbons (Fsp3) is 0.933. The highest BCUT2D eigenvalue weighted by Crippen LogP contribution is 2.63. The van der Waals surface area contributed by atoms with E-state index in [1.165, 1.54) is 0 Å². The Labute approximate surface area is 119 Å². The Bertz CT molecular complexity index is 407. The first kappa shape index (κ1) is 15.7. The third kappa shape index (κ3) is 1.69. The molecule has 0 aromatic rings. The molecule has 0 radical (unpaired) electrons. The summed E-state index contributed by atoms with van der Waals surface area (Å²) in [6.45, 7) is 6.90. The number of aliphatic hydroxyl groups is 2. The number of hydrogen-bond donors (Lipinski definition) is 3. The summed E-state index contributed by atoms with van der Waals surface area (Å²) in [4.78, 5) is 11.6. The van der Waals surface area contributed by atoms with Crippen molar-refractivity contribution in [3.05, 3.63) is 0 Å². The number of fused-ring (bicyclic) bond motifs is 2. The zero-order valence-electron chi connectivity index (χ0n) is 12.7. The maximum Gasteiger partial charge on any atom is 0.309 e. The van der Waals surface area contributed by atoms with Crippen molar-refractivity contribution in [1.82, 2.24) is 0 Å². The topological polar surface area (TPSA) is 87.0 Å². The summed E-state index contributed by atoms with van der Waals surface area (Å²) in [5.74, 6) is -1.08. The molecule has 0 aliphatic carbocycles. The number of ether oxygens (including phenoxy) is 1. The number of carboxylic acids is 1. The molecule has 0 aromatic heterocycles. The van der Waals surface area contributed by atoms with Gasteiger partial charge in [-0.3, -0.25) is 4.79 Å². The first-order valence-corrected chi connectivity index (χ1v) is 7.31. The SMILES string of the molecule is CC(C(C)(C)C(=O)O)[C@]1(CO)C[C@@H]2C[C@H](C)[C@@]1(CO)O2. The molecule has 2 heterocycles. The van der Waals surface area contributed by atoms with Crippen LogP contribution in [0.15, 0.2) is 0 Å². The van der Waals surface area contributed by atoms with Crippen LogP contribution in [0.25, 0.3) is 0 Å². The van der Waals surface area contributed by atoms with Gasteiger partial charge in [0.2, 0.25) is 0 Å². The Morgan fingerprint density at radius 2 is 2.00 bits per heavy atom. The minimum absolute atomic E-state index is 0.0105. The molecule has 116 valence electrons. The predicted molar refractivity (Wildman–Crippen MR) is 73.2 cm³/mol. The van der Waals surface area contributed by atoms with Crippen LogP contribution in [-0.4, -0.2) is 46.2 Å². The van der Waals surface area contributed by atoms with Gasteiger partial charge in [-0.1, -0.05) is 13.8 Å². The Balaban J connectivity index is 2.48. The number of hydrogen-bond acceptors (Lipinski definition) is 4. The van der Waals surface area contributed by atoms with Crippen LogP contribution in [0.5, 0.6) is 0 Å². The smallest absolute Gasteiger partial charge is 0.309 e. The van der Waals surface area contributed by atoms with Gasteiger partial charge in [0.05, 0.1) is 24.7 Å². The molecule has 2 bridgehead atoms. The summed E-state index contributed by atoms with van der Waals surface area (Å²) >= 11 is 0. The third-order valence-corrected chi connectivity index (χ3v) is 6.20. The second-order valence-corrected chi connectivity index (χ2v) is 7.19. The van der Waals surface area contributed by atoms with Crippen molar-refractivity contribution < 1.29 is 24.9 Å². The van der Waals surface area contributed by atoms with E-state index in [0.717, 1.165) is 6.42 Å². The molecule has 0 amide bonds. The molecule has 2 rings (SSSR count). The van der Waals surface area contributed by atoms with E-state index in [1.54, 1.807) is 13.8 Å². The fourth-order valence-corrected chi connectivity index (χ4v) is 4.46. The molecular formula is C15H26O5. The number of aliphatic hydroxyl groups excluding tert-OH is 2. The minimum Gasteiger partial charge on any atom is -0.481 e. The van der Waals surface area contributed by atoms with Crippen LogP contribution >= 0.6 is 0 Å². The highest BCUT2D eigenvalue weighted by Gasteiger charge is 2.69. The van der Waals surface area contributed by atoms with E-state index in [1.807, 2.05) is 13.8 Å². The van der Waals surface area contributed by atoms with E-state index in [2.05, 4.69) is 0 Å². The van der Waals surface area contributed by atoms with Crippen molar-refractivity contribution in [2.75, 3.05) is 13.2 Å². The van der Waals surface area contributed by atoms with Gasteiger partial charge in [0, 0.05) is 5.41 Å². The Morgan fingerprint density at radius 3 is 2.40 bits per heavy atom. The average molecular weight is 286 g/mol. The van der Waals surface area contributed by atoms with E-state index >= 15 is 0 Å². The number of rotatable bonds is 5. The normalized spacial score (nSPS) is 41.9. The van der Waals surface area contributed by atoms with Gasteiger partial charge in [-0.25, -0.2) is 0 Å². The standard InChI is InChI=1S/C15H26O5/c1-9-5-11-6-14(7-16,15(9,8-17)20-11)10(2)13(3,4)12(18)19/h9-11,16-17H,5-8H2,1-4H3,(H,18,19)/t9-,10?,11-,14+,15+/m0/s1. The van der Waals surface area contributed by atoms with E-state index in [-0.39, 0.29) is 31.2 Å². The van der Waals surface area contributed by atoms with Gasteiger partial charge in [-0.2, -0.15) is 0 Å². The molecule has 0 saturated carbocycles. The largest absolute Gasteiger partial charge is 0.481 e. The van der Waals surface area contributed by atoms with Gasteiger partial charge in [0.1, 0.15) is 5.60 Å². The van der Waals surface area contributed by atoms with Crippen LogP contribution in [0, 0.1) is 22.7 Å². The molecule has 5 nitrogen and oxygen atoms in total.